The zero-order valence-electron chi connectivity index (χ0n) is 15.1. The number of likely N-dealkylation sites (tertiary alicyclic amines) is 1. The van der Waals surface area contributed by atoms with Crippen LogP contribution in [0.4, 0.5) is 0 Å². The van der Waals surface area contributed by atoms with Crippen LogP contribution in [0, 0.1) is 0 Å². The Morgan fingerprint density at radius 1 is 1.15 bits per heavy atom. The normalized spacial score (nSPS) is 15.6. The van der Waals surface area contributed by atoms with E-state index in [1.807, 2.05) is 18.2 Å². The van der Waals surface area contributed by atoms with Crippen molar-refractivity contribution >= 4 is 17.5 Å². The van der Waals surface area contributed by atoms with Gasteiger partial charge in [0.2, 0.25) is 0 Å². The van der Waals surface area contributed by atoms with E-state index in [1.54, 1.807) is 19.1 Å². The highest BCUT2D eigenvalue weighted by atomic mass is 35.5. The summed E-state index contributed by atoms with van der Waals surface area (Å²) in [6.07, 6.45) is 1.97. The summed E-state index contributed by atoms with van der Waals surface area (Å²) in [6, 6.07) is 15.6. The van der Waals surface area contributed by atoms with Crippen molar-refractivity contribution in [3.05, 3.63) is 64.7 Å². The van der Waals surface area contributed by atoms with E-state index in [0.717, 1.165) is 12.1 Å². The largest absolute Gasteiger partial charge is 0.479 e. The van der Waals surface area contributed by atoms with Crippen LogP contribution in [0.3, 0.4) is 0 Å². The zero-order chi connectivity index (χ0) is 18.4. The second-order valence-electron chi connectivity index (χ2n) is 6.71. The van der Waals surface area contributed by atoms with Gasteiger partial charge in [0.15, 0.2) is 6.10 Å². The molecule has 5 heteroatoms. The van der Waals surface area contributed by atoms with Crippen LogP contribution in [0.5, 0.6) is 5.75 Å². The smallest absolute Gasteiger partial charge is 0.261 e. The molecule has 1 atom stereocenters. The van der Waals surface area contributed by atoms with Crippen molar-refractivity contribution in [3.8, 4) is 5.75 Å². The number of amides is 1. The summed E-state index contributed by atoms with van der Waals surface area (Å²) in [5.41, 5.74) is 2.39. The number of ether oxygens (including phenoxy) is 1. The van der Waals surface area contributed by atoms with Crippen molar-refractivity contribution < 1.29 is 9.53 Å². The molecule has 0 saturated carbocycles. The fraction of sp³-hybridized carbons (Fsp3) is 0.381. The Balaban J connectivity index is 1.51. The Labute approximate surface area is 160 Å². The summed E-state index contributed by atoms with van der Waals surface area (Å²) >= 11 is 6.07. The lowest BCUT2D eigenvalue weighted by atomic mass is 10.1. The molecule has 0 aromatic heterocycles. The molecule has 3 rings (SSSR count). The van der Waals surface area contributed by atoms with Crippen molar-refractivity contribution in [1.29, 1.82) is 0 Å². The molecule has 26 heavy (non-hydrogen) atoms. The molecule has 0 aliphatic carbocycles. The summed E-state index contributed by atoms with van der Waals surface area (Å²) in [7, 11) is 0. The molecule has 138 valence electrons. The standard InChI is InChI=1S/C21H25ClN2O2/c1-16(26-20-10-3-2-9-19(20)22)21(25)23-14-17-7-6-8-18(13-17)15-24-11-4-5-12-24/h2-3,6-10,13,16H,4-5,11-12,14-15H2,1H3,(H,23,25)/t16-/m1/s1. The number of benzene rings is 2. The minimum atomic E-state index is -0.609. The molecule has 1 aliphatic heterocycles. The van der Waals surface area contributed by atoms with Crippen LogP contribution in [0.1, 0.15) is 30.9 Å². The maximum atomic E-state index is 12.3. The molecule has 2 aromatic carbocycles. The van der Waals surface area contributed by atoms with Crippen molar-refractivity contribution in [2.45, 2.75) is 39.0 Å². The van der Waals surface area contributed by atoms with Gasteiger partial charge in [0, 0.05) is 13.1 Å². The second-order valence-corrected chi connectivity index (χ2v) is 7.12. The molecule has 0 unspecified atom stereocenters. The van der Waals surface area contributed by atoms with E-state index in [4.69, 9.17) is 16.3 Å². The maximum absolute atomic E-state index is 12.3. The predicted molar refractivity (Wildman–Crippen MR) is 104 cm³/mol. The molecule has 0 bridgehead atoms. The Hall–Kier alpha value is -2.04. The molecule has 1 fully saturated rings. The van der Waals surface area contributed by atoms with Gasteiger partial charge < -0.3 is 10.1 Å². The van der Waals surface area contributed by atoms with Crippen LogP contribution >= 0.6 is 11.6 Å². The van der Waals surface area contributed by atoms with E-state index in [0.29, 0.717) is 17.3 Å². The van der Waals surface area contributed by atoms with Crippen molar-refractivity contribution in [2.24, 2.45) is 0 Å². The highest BCUT2D eigenvalue weighted by Crippen LogP contribution is 2.24. The summed E-state index contributed by atoms with van der Waals surface area (Å²) in [6.45, 7) is 5.55. The molecule has 0 radical (unpaired) electrons. The summed E-state index contributed by atoms with van der Waals surface area (Å²) in [5, 5.41) is 3.44. The molecule has 1 aliphatic rings. The molecular weight excluding hydrogens is 348 g/mol. The van der Waals surface area contributed by atoms with Gasteiger partial charge in [-0.1, -0.05) is 48.0 Å². The monoisotopic (exact) mass is 372 g/mol. The van der Waals surface area contributed by atoms with Gasteiger partial charge in [0.05, 0.1) is 5.02 Å². The van der Waals surface area contributed by atoms with Gasteiger partial charge in [0.1, 0.15) is 5.75 Å². The average Bonchev–Trinajstić information content (AvgIpc) is 3.15. The summed E-state index contributed by atoms with van der Waals surface area (Å²) < 4.78 is 5.66. The summed E-state index contributed by atoms with van der Waals surface area (Å²) in [4.78, 5) is 14.8. The number of rotatable bonds is 7. The first-order valence-corrected chi connectivity index (χ1v) is 9.48. The molecule has 0 spiro atoms. The van der Waals surface area contributed by atoms with Crippen molar-refractivity contribution in [2.75, 3.05) is 13.1 Å². The fourth-order valence-corrected chi connectivity index (χ4v) is 3.33. The molecule has 1 saturated heterocycles. The Bertz CT molecular complexity index is 744. The van der Waals surface area contributed by atoms with Gasteiger partial charge >= 0.3 is 0 Å². The molecule has 1 heterocycles. The SMILES string of the molecule is C[C@@H](Oc1ccccc1Cl)C(=O)NCc1cccc(CN2CCCC2)c1. The second kappa shape index (κ2) is 9.06. The Morgan fingerprint density at radius 3 is 2.65 bits per heavy atom. The maximum Gasteiger partial charge on any atom is 0.261 e. The van der Waals surface area contributed by atoms with Crippen molar-refractivity contribution in [3.63, 3.8) is 0 Å². The van der Waals surface area contributed by atoms with E-state index >= 15 is 0 Å². The van der Waals surface area contributed by atoms with Crippen LogP contribution < -0.4 is 10.1 Å². The van der Waals surface area contributed by atoms with Gasteiger partial charge in [0.25, 0.3) is 5.91 Å². The van der Waals surface area contributed by atoms with E-state index in [-0.39, 0.29) is 5.91 Å². The van der Waals surface area contributed by atoms with Gasteiger partial charge in [-0.3, -0.25) is 9.69 Å². The average molecular weight is 373 g/mol. The lowest BCUT2D eigenvalue weighted by Crippen LogP contribution is -2.36. The third-order valence-corrected chi connectivity index (χ3v) is 4.88. The zero-order valence-corrected chi connectivity index (χ0v) is 15.8. The quantitative estimate of drug-likeness (QED) is 0.798. The lowest BCUT2D eigenvalue weighted by molar-refractivity contribution is -0.127. The van der Waals surface area contributed by atoms with Gasteiger partial charge in [-0.2, -0.15) is 0 Å². The highest BCUT2D eigenvalue weighted by molar-refractivity contribution is 6.32. The topological polar surface area (TPSA) is 41.6 Å². The number of hydrogen-bond donors (Lipinski definition) is 1. The number of para-hydroxylation sites is 1. The number of carbonyl (C=O) groups is 1. The van der Waals surface area contributed by atoms with Crippen LogP contribution in [0.2, 0.25) is 5.02 Å². The van der Waals surface area contributed by atoms with E-state index in [1.165, 1.54) is 31.5 Å². The van der Waals surface area contributed by atoms with Gasteiger partial charge in [-0.25, -0.2) is 0 Å². The molecule has 4 nitrogen and oxygen atoms in total. The van der Waals surface area contributed by atoms with Gasteiger partial charge in [-0.05, 0) is 56.1 Å². The first kappa shape index (κ1) is 18.7. The first-order chi connectivity index (χ1) is 12.6. The van der Waals surface area contributed by atoms with Gasteiger partial charge in [-0.15, -0.1) is 0 Å². The number of nitrogens with zero attached hydrogens (tertiary/aromatic N) is 1. The highest BCUT2D eigenvalue weighted by Gasteiger charge is 2.16. The third-order valence-electron chi connectivity index (χ3n) is 4.57. The molecule has 2 aromatic rings. The van der Waals surface area contributed by atoms with E-state index < -0.39 is 6.10 Å². The van der Waals surface area contributed by atoms with Crippen LogP contribution in [-0.4, -0.2) is 30.0 Å². The van der Waals surface area contributed by atoms with E-state index in [2.05, 4.69) is 28.4 Å². The third kappa shape index (κ3) is 5.23. The first-order valence-electron chi connectivity index (χ1n) is 9.11. The number of halogens is 1. The Kier molecular flexibility index (Phi) is 6.53. The van der Waals surface area contributed by atoms with Crippen LogP contribution in [0.25, 0.3) is 0 Å². The predicted octanol–water partition coefficient (Wildman–Crippen LogP) is 4.02. The molecule has 1 amide bonds. The fourth-order valence-electron chi connectivity index (χ4n) is 3.15. The molecule has 1 N–H and O–H groups in total. The van der Waals surface area contributed by atoms with Crippen LogP contribution in [-0.2, 0) is 17.9 Å². The van der Waals surface area contributed by atoms with E-state index in [9.17, 15) is 4.79 Å². The number of hydrogen-bond acceptors (Lipinski definition) is 3. The Morgan fingerprint density at radius 2 is 1.88 bits per heavy atom. The number of carbonyl (C=O) groups excluding carboxylic acids is 1. The number of nitrogens with one attached hydrogen (secondary N) is 1. The summed E-state index contributed by atoms with van der Waals surface area (Å²) in [5.74, 6) is 0.360. The minimum absolute atomic E-state index is 0.158. The lowest BCUT2D eigenvalue weighted by Gasteiger charge is -2.17. The van der Waals surface area contributed by atoms with Crippen LogP contribution in [0.15, 0.2) is 48.5 Å². The molecular formula is C21H25ClN2O2. The minimum Gasteiger partial charge on any atom is -0.479 e. The van der Waals surface area contributed by atoms with Crippen molar-refractivity contribution in [1.82, 2.24) is 10.2 Å².